The fraction of sp³-hybridized carbons (Fsp3) is 0.538. The third-order valence-electron chi connectivity index (χ3n) is 6.28. The van der Waals surface area contributed by atoms with E-state index in [1.165, 1.54) is 32.4 Å². The first-order chi connectivity index (χ1) is 18.3. The van der Waals surface area contributed by atoms with E-state index in [2.05, 4.69) is 0 Å². The lowest BCUT2D eigenvalue weighted by Gasteiger charge is -2.39. The second kappa shape index (κ2) is 13.9. The molecule has 0 saturated carbocycles. The van der Waals surface area contributed by atoms with E-state index in [1.54, 1.807) is 12.1 Å². The summed E-state index contributed by atoms with van der Waals surface area (Å²) in [5, 5.41) is 69.5. The van der Waals surface area contributed by atoms with E-state index in [1.807, 2.05) is 6.07 Å². The van der Waals surface area contributed by atoms with Gasteiger partial charge in [-0.2, -0.15) is 0 Å². The fourth-order valence-electron chi connectivity index (χ4n) is 4.08. The summed E-state index contributed by atoms with van der Waals surface area (Å²) in [5.41, 5.74) is 1.25. The SMILES string of the molecule is COc1cc([C@@H](O)[C@@H](CO)Oc2ccc(CCCO)cc2OC)ccc1O[C@H]1O[C@H](CO)[C@@H](O)[C@H](O)[C@H]1O. The summed E-state index contributed by atoms with van der Waals surface area (Å²) in [6.45, 7) is -1.07. The number of aliphatic hydroxyl groups excluding tert-OH is 7. The van der Waals surface area contributed by atoms with Crippen molar-refractivity contribution in [2.24, 2.45) is 0 Å². The van der Waals surface area contributed by atoms with Gasteiger partial charge in [-0.3, -0.25) is 0 Å². The second-order valence-corrected chi connectivity index (χ2v) is 8.82. The molecule has 1 fully saturated rings. The van der Waals surface area contributed by atoms with Crippen molar-refractivity contribution in [3.63, 3.8) is 0 Å². The largest absolute Gasteiger partial charge is 0.493 e. The van der Waals surface area contributed by atoms with E-state index < -0.39 is 56.1 Å². The molecule has 0 amide bonds. The van der Waals surface area contributed by atoms with Crippen LogP contribution >= 0.6 is 0 Å². The first-order valence-electron chi connectivity index (χ1n) is 12.2. The van der Waals surface area contributed by atoms with Gasteiger partial charge in [-0.15, -0.1) is 0 Å². The Morgan fingerprint density at radius 1 is 0.842 bits per heavy atom. The minimum atomic E-state index is -1.61. The van der Waals surface area contributed by atoms with Crippen LogP contribution in [-0.4, -0.2) is 107 Å². The van der Waals surface area contributed by atoms with Crippen molar-refractivity contribution in [1.82, 2.24) is 0 Å². The van der Waals surface area contributed by atoms with E-state index in [-0.39, 0.29) is 18.1 Å². The van der Waals surface area contributed by atoms with Crippen LogP contribution in [0.15, 0.2) is 36.4 Å². The molecule has 1 aliphatic heterocycles. The summed E-state index contributed by atoms with van der Waals surface area (Å²) in [6.07, 6.45) is -8.44. The molecule has 7 atom stereocenters. The van der Waals surface area contributed by atoms with Crippen molar-refractivity contribution in [2.45, 2.75) is 55.8 Å². The van der Waals surface area contributed by atoms with Crippen LogP contribution in [0, 0.1) is 0 Å². The molecule has 0 spiro atoms. The smallest absolute Gasteiger partial charge is 0.229 e. The molecule has 38 heavy (non-hydrogen) atoms. The zero-order valence-electron chi connectivity index (χ0n) is 21.2. The molecule has 0 aromatic heterocycles. The average Bonchev–Trinajstić information content (AvgIpc) is 2.94. The number of benzene rings is 2. The van der Waals surface area contributed by atoms with Crippen LogP contribution in [0.1, 0.15) is 23.7 Å². The number of methoxy groups -OCH3 is 2. The molecule has 2 aromatic rings. The molecule has 2 aromatic carbocycles. The zero-order valence-corrected chi connectivity index (χ0v) is 21.2. The summed E-state index contributed by atoms with van der Waals surface area (Å²) in [6, 6.07) is 9.62. The molecule has 3 rings (SSSR count). The monoisotopic (exact) mass is 540 g/mol. The lowest BCUT2D eigenvalue weighted by Crippen LogP contribution is -2.60. The maximum Gasteiger partial charge on any atom is 0.229 e. The molecule has 1 aliphatic rings. The molecule has 0 radical (unpaired) electrons. The van der Waals surface area contributed by atoms with Gasteiger partial charge in [0.15, 0.2) is 29.1 Å². The summed E-state index contributed by atoms with van der Waals surface area (Å²) < 4.78 is 27.6. The molecule has 0 unspecified atom stereocenters. The molecule has 0 aliphatic carbocycles. The predicted molar refractivity (Wildman–Crippen MR) is 132 cm³/mol. The molecule has 12 heteroatoms. The topological polar surface area (TPSA) is 188 Å². The first-order valence-corrected chi connectivity index (χ1v) is 12.2. The summed E-state index contributed by atoms with van der Waals surface area (Å²) in [5.74, 6) is 0.954. The molecule has 1 heterocycles. The van der Waals surface area contributed by atoms with Crippen molar-refractivity contribution >= 4 is 0 Å². The van der Waals surface area contributed by atoms with Crippen LogP contribution in [0.2, 0.25) is 0 Å². The Bertz CT molecular complexity index is 1020. The number of hydrogen-bond donors (Lipinski definition) is 7. The predicted octanol–water partition coefficient (Wildman–Crippen LogP) is -0.719. The fourth-order valence-corrected chi connectivity index (χ4v) is 4.08. The highest BCUT2D eigenvalue weighted by Crippen LogP contribution is 2.36. The first kappa shape index (κ1) is 29.9. The minimum absolute atomic E-state index is 0.0646. The quantitative estimate of drug-likeness (QED) is 0.169. The Hall–Kier alpha value is -2.68. The third-order valence-corrected chi connectivity index (χ3v) is 6.28. The van der Waals surface area contributed by atoms with Crippen LogP contribution in [0.5, 0.6) is 23.0 Å². The van der Waals surface area contributed by atoms with Gasteiger partial charge in [-0.1, -0.05) is 12.1 Å². The molecular weight excluding hydrogens is 504 g/mol. The van der Waals surface area contributed by atoms with E-state index in [0.717, 1.165) is 5.56 Å². The number of ether oxygens (including phenoxy) is 5. The van der Waals surface area contributed by atoms with Crippen LogP contribution in [0.25, 0.3) is 0 Å². The molecule has 0 bridgehead atoms. The van der Waals surface area contributed by atoms with Gasteiger partial charge in [-0.25, -0.2) is 0 Å². The van der Waals surface area contributed by atoms with Gasteiger partial charge < -0.3 is 59.4 Å². The van der Waals surface area contributed by atoms with E-state index in [4.69, 9.17) is 28.8 Å². The highest BCUT2D eigenvalue weighted by molar-refractivity contribution is 5.45. The van der Waals surface area contributed by atoms with Gasteiger partial charge in [0.05, 0.1) is 27.4 Å². The van der Waals surface area contributed by atoms with Gasteiger partial charge in [0.1, 0.15) is 30.5 Å². The Morgan fingerprint density at radius 2 is 1.53 bits per heavy atom. The van der Waals surface area contributed by atoms with Crippen molar-refractivity contribution < 1.29 is 59.4 Å². The van der Waals surface area contributed by atoms with Gasteiger partial charge >= 0.3 is 0 Å². The van der Waals surface area contributed by atoms with Crippen molar-refractivity contribution in [3.8, 4) is 23.0 Å². The lowest BCUT2D eigenvalue weighted by molar-refractivity contribution is -0.277. The number of aryl methyl sites for hydroxylation is 1. The Kier molecular flexibility index (Phi) is 10.9. The van der Waals surface area contributed by atoms with Gasteiger partial charge in [0, 0.05) is 6.61 Å². The maximum atomic E-state index is 11.0. The number of hydrogen-bond acceptors (Lipinski definition) is 12. The standard InChI is InChI=1S/C26H36O12/c1-34-18-10-14(4-3-9-27)5-7-16(18)36-20(12-28)22(30)15-6-8-17(19(11-15)35-2)37-26-25(33)24(32)23(31)21(13-29)38-26/h5-8,10-11,20-33H,3-4,9,12-13H2,1-2H3/t20-,21-,22-,23-,24+,25-,26+/m1/s1. The third kappa shape index (κ3) is 6.84. The Labute approximate surface area is 220 Å². The van der Waals surface area contributed by atoms with Crippen molar-refractivity contribution in [2.75, 3.05) is 34.0 Å². The van der Waals surface area contributed by atoms with E-state index in [0.29, 0.717) is 29.9 Å². The summed E-state index contributed by atoms with van der Waals surface area (Å²) in [7, 11) is 2.83. The Balaban J connectivity index is 1.76. The van der Waals surface area contributed by atoms with Crippen LogP contribution in [0.4, 0.5) is 0 Å². The normalized spacial score (nSPS) is 24.9. The number of rotatable bonds is 13. The van der Waals surface area contributed by atoms with Gasteiger partial charge in [0.25, 0.3) is 0 Å². The van der Waals surface area contributed by atoms with Gasteiger partial charge in [-0.05, 0) is 48.2 Å². The molecule has 7 N–H and O–H groups in total. The van der Waals surface area contributed by atoms with Crippen LogP contribution < -0.4 is 18.9 Å². The molecule has 12 nitrogen and oxygen atoms in total. The maximum absolute atomic E-state index is 11.0. The van der Waals surface area contributed by atoms with Crippen molar-refractivity contribution in [1.29, 1.82) is 0 Å². The number of aliphatic hydroxyl groups is 7. The summed E-state index contributed by atoms with van der Waals surface area (Å²) >= 11 is 0. The lowest BCUT2D eigenvalue weighted by atomic mass is 9.99. The van der Waals surface area contributed by atoms with E-state index >= 15 is 0 Å². The minimum Gasteiger partial charge on any atom is -0.493 e. The van der Waals surface area contributed by atoms with Gasteiger partial charge in [0.2, 0.25) is 6.29 Å². The molecule has 1 saturated heterocycles. The zero-order chi connectivity index (χ0) is 27.8. The second-order valence-electron chi connectivity index (χ2n) is 8.82. The van der Waals surface area contributed by atoms with Crippen LogP contribution in [-0.2, 0) is 11.2 Å². The molecule has 212 valence electrons. The van der Waals surface area contributed by atoms with Crippen molar-refractivity contribution in [3.05, 3.63) is 47.5 Å². The van der Waals surface area contributed by atoms with Crippen LogP contribution in [0.3, 0.4) is 0 Å². The Morgan fingerprint density at radius 3 is 2.16 bits per heavy atom. The van der Waals surface area contributed by atoms with E-state index in [9.17, 15) is 30.6 Å². The molecular formula is C26H36O12. The highest BCUT2D eigenvalue weighted by atomic mass is 16.7. The average molecular weight is 541 g/mol. The highest BCUT2D eigenvalue weighted by Gasteiger charge is 2.45. The summed E-state index contributed by atoms with van der Waals surface area (Å²) in [4.78, 5) is 0.